The van der Waals surface area contributed by atoms with Gasteiger partial charge in [0.05, 0.1) is 7.11 Å². The third kappa shape index (κ3) is 8.22. The second-order valence-corrected chi connectivity index (χ2v) is 7.36. The van der Waals surface area contributed by atoms with Crippen molar-refractivity contribution in [2.45, 2.75) is 38.6 Å². The smallest absolute Gasteiger partial charge is 0.244 e. The number of nitrogens with zero attached hydrogens (tertiary/aromatic N) is 1. The van der Waals surface area contributed by atoms with E-state index in [2.05, 4.69) is 17.1 Å². The first-order chi connectivity index (χ1) is 12.5. The highest BCUT2D eigenvalue weighted by atomic mass is 35.5. The Kier molecular flexibility index (Phi) is 10.3. The summed E-state index contributed by atoms with van der Waals surface area (Å²) < 4.78 is 11.2. The first-order valence-electron chi connectivity index (χ1n) is 9.42. The van der Waals surface area contributed by atoms with Gasteiger partial charge >= 0.3 is 0 Å². The molecule has 1 aromatic carbocycles. The Morgan fingerprint density at radius 3 is 2.56 bits per heavy atom. The fourth-order valence-electron chi connectivity index (χ4n) is 3.07. The number of methoxy groups -OCH3 is 1. The highest BCUT2D eigenvalue weighted by Gasteiger charge is 2.18. The van der Waals surface area contributed by atoms with Crippen LogP contribution < -0.4 is 14.8 Å². The number of rotatable bonds is 8. The average Bonchev–Trinajstić information content (AvgIpc) is 2.62. The van der Waals surface area contributed by atoms with Gasteiger partial charge in [0.2, 0.25) is 5.91 Å². The fourth-order valence-corrected chi connectivity index (χ4v) is 3.07. The summed E-state index contributed by atoms with van der Waals surface area (Å²) in [5.41, 5.74) is 0.911. The average molecular weight is 397 g/mol. The number of hydrogen-bond donors (Lipinski definition) is 1. The maximum Gasteiger partial charge on any atom is 0.244 e. The molecule has 1 amide bonds. The van der Waals surface area contributed by atoms with Crippen LogP contribution in [-0.2, 0) is 4.79 Å². The molecule has 2 rings (SSSR count). The maximum atomic E-state index is 12.1. The van der Waals surface area contributed by atoms with E-state index in [1.54, 1.807) is 13.2 Å². The van der Waals surface area contributed by atoms with Gasteiger partial charge in [-0.25, -0.2) is 0 Å². The van der Waals surface area contributed by atoms with Crippen LogP contribution in [0.5, 0.6) is 11.5 Å². The van der Waals surface area contributed by atoms with E-state index in [-0.39, 0.29) is 18.3 Å². The summed E-state index contributed by atoms with van der Waals surface area (Å²) in [5, 5.41) is 3.10. The summed E-state index contributed by atoms with van der Waals surface area (Å²) in [6, 6.07) is 6.01. The zero-order chi connectivity index (χ0) is 18.9. The number of likely N-dealkylation sites (N-methyl/N-ethyl adjacent to an activating group) is 1. The van der Waals surface area contributed by atoms with Crippen LogP contribution in [0, 0.1) is 5.92 Å². The Morgan fingerprint density at radius 2 is 1.93 bits per heavy atom. The van der Waals surface area contributed by atoms with Gasteiger partial charge in [-0.1, -0.05) is 13.0 Å². The number of ether oxygens (including phenoxy) is 2. The van der Waals surface area contributed by atoms with E-state index in [0.29, 0.717) is 24.1 Å². The van der Waals surface area contributed by atoms with Gasteiger partial charge in [-0.15, -0.1) is 12.4 Å². The zero-order valence-electron chi connectivity index (χ0n) is 16.9. The molecule has 0 heterocycles. The Hall–Kier alpha value is -1.72. The van der Waals surface area contributed by atoms with Gasteiger partial charge in [0.15, 0.2) is 11.5 Å². The molecule has 1 N–H and O–H groups in total. The van der Waals surface area contributed by atoms with Crippen molar-refractivity contribution in [2.75, 3.05) is 34.4 Å². The van der Waals surface area contributed by atoms with E-state index in [1.807, 2.05) is 38.4 Å². The molecule has 0 atom stereocenters. The lowest BCUT2D eigenvalue weighted by Gasteiger charge is -2.26. The molecule has 1 aliphatic carbocycles. The normalized spacial score (nSPS) is 19.6. The number of carbonyl (C=O) groups is 1. The molecule has 1 aromatic rings. The Balaban J connectivity index is 0.00000364. The van der Waals surface area contributed by atoms with Crippen molar-refractivity contribution in [1.82, 2.24) is 10.2 Å². The molecule has 5 nitrogen and oxygen atoms in total. The molecule has 27 heavy (non-hydrogen) atoms. The Bertz CT molecular complexity index is 611. The Morgan fingerprint density at radius 1 is 1.22 bits per heavy atom. The summed E-state index contributed by atoms with van der Waals surface area (Å²) in [5.74, 6) is 2.14. The molecule has 1 saturated carbocycles. The monoisotopic (exact) mass is 396 g/mol. The molecule has 0 aliphatic heterocycles. The van der Waals surface area contributed by atoms with Crippen LogP contribution in [0.3, 0.4) is 0 Å². The first-order valence-corrected chi connectivity index (χ1v) is 9.42. The highest BCUT2D eigenvalue weighted by Crippen LogP contribution is 2.28. The topological polar surface area (TPSA) is 50.8 Å². The lowest BCUT2D eigenvalue weighted by Crippen LogP contribution is -2.36. The molecular weight excluding hydrogens is 364 g/mol. The second-order valence-electron chi connectivity index (χ2n) is 7.36. The van der Waals surface area contributed by atoms with Crippen LogP contribution in [0.2, 0.25) is 0 Å². The van der Waals surface area contributed by atoms with Crippen LogP contribution in [-0.4, -0.2) is 51.2 Å². The minimum Gasteiger partial charge on any atom is -0.493 e. The largest absolute Gasteiger partial charge is 0.493 e. The zero-order valence-corrected chi connectivity index (χ0v) is 17.7. The van der Waals surface area contributed by atoms with Crippen molar-refractivity contribution in [1.29, 1.82) is 0 Å². The number of hydrogen-bond acceptors (Lipinski definition) is 4. The Labute approximate surface area is 169 Å². The quantitative estimate of drug-likeness (QED) is 0.679. The highest BCUT2D eigenvalue weighted by molar-refractivity contribution is 5.92. The minimum atomic E-state index is -0.0326. The molecule has 1 fully saturated rings. The molecular formula is C21H33ClN2O3. The lowest BCUT2D eigenvalue weighted by molar-refractivity contribution is -0.117. The van der Waals surface area contributed by atoms with Crippen molar-refractivity contribution in [3.8, 4) is 11.5 Å². The van der Waals surface area contributed by atoms with E-state index in [9.17, 15) is 4.79 Å². The summed E-state index contributed by atoms with van der Waals surface area (Å²) in [4.78, 5) is 14.2. The van der Waals surface area contributed by atoms with Gasteiger partial charge in [-0.3, -0.25) is 4.79 Å². The minimum absolute atomic E-state index is 0. The molecule has 152 valence electrons. The van der Waals surface area contributed by atoms with E-state index < -0.39 is 0 Å². The van der Waals surface area contributed by atoms with Gasteiger partial charge in [-0.2, -0.15) is 0 Å². The standard InChI is InChI=1S/C21H32N2O3.ClH/c1-16-5-9-18(10-6-16)22-21(24)12-8-17-7-11-19(20(15-17)25-4)26-14-13-23(2)3;/h7-8,11-12,15-16,18H,5-6,9-10,13-14H2,1-4H3,(H,22,24);1H. The molecule has 0 spiro atoms. The third-order valence-corrected chi connectivity index (χ3v) is 4.77. The molecule has 1 aliphatic rings. The van der Waals surface area contributed by atoms with E-state index >= 15 is 0 Å². The predicted octanol–water partition coefficient (Wildman–Crippen LogP) is 3.77. The van der Waals surface area contributed by atoms with Crippen molar-refractivity contribution >= 4 is 24.4 Å². The molecule has 0 bridgehead atoms. The predicted molar refractivity (Wildman–Crippen MR) is 113 cm³/mol. The number of nitrogens with one attached hydrogen (secondary N) is 1. The SMILES string of the molecule is COc1cc(C=CC(=O)NC2CCC(C)CC2)ccc1OCCN(C)C.Cl. The van der Waals surface area contributed by atoms with E-state index in [1.165, 1.54) is 12.8 Å². The van der Waals surface area contributed by atoms with Gasteiger partial charge in [0.1, 0.15) is 6.61 Å². The van der Waals surface area contributed by atoms with Crippen molar-refractivity contribution in [3.05, 3.63) is 29.8 Å². The summed E-state index contributed by atoms with van der Waals surface area (Å²) in [6.45, 7) is 3.71. The van der Waals surface area contributed by atoms with Gasteiger partial charge < -0.3 is 19.7 Å². The molecule has 0 aromatic heterocycles. The molecule has 0 saturated heterocycles. The van der Waals surface area contributed by atoms with Crippen molar-refractivity contribution < 1.29 is 14.3 Å². The fraction of sp³-hybridized carbons (Fsp3) is 0.571. The van der Waals surface area contributed by atoms with Crippen LogP contribution in [0.4, 0.5) is 0 Å². The molecule has 0 unspecified atom stereocenters. The van der Waals surface area contributed by atoms with Crippen LogP contribution >= 0.6 is 12.4 Å². The number of carbonyl (C=O) groups excluding carboxylic acids is 1. The molecule has 0 radical (unpaired) electrons. The number of amides is 1. The van der Waals surface area contributed by atoms with Crippen LogP contribution in [0.15, 0.2) is 24.3 Å². The van der Waals surface area contributed by atoms with Gasteiger partial charge in [0, 0.05) is 18.7 Å². The first kappa shape index (κ1) is 23.3. The molecule has 6 heteroatoms. The van der Waals surface area contributed by atoms with E-state index in [4.69, 9.17) is 9.47 Å². The van der Waals surface area contributed by atoms with Crippen molar-refractivity contribution in [3.63, 3.8) is 0 Å². The summed E-state index contributed by atoms with van der Waals surface area (Å²) >= 11 is 0. The lowest BCUT2D eigenvalue weighted by atomic mass is 9.87. The van der Waals surface area contributed by atoms with Crippen LogP contribution in [0.1, 0.15) is 38.2 Å². The summed E-state index contributed by atoms with van der Waals surface area (Å²) in [6.07, 6.45) is 7.95. The van der Waals surface area contributed by atoms with E-state index in [0.717, 1.165) is 30.9 Å². The number of benzene rings is 1. The van der Waals surface area contributed by atoms with Gasteiger partial charge in [0.25, 0.3) is 0 Å². The second kappa shape index (κ2) is 11.9. The van der Waals surface area contributed by atoms with Crippen molar-refractivity contribution in [2.24, 2.45) is 5.92 Å². The van der Waals surface area contributed by atoms with Gasteiger partial charge in [-0.05, 0) is 69.5 Å². The van der Waals surface area contributed by atoms with Crippen LogP contribution in [0.25, 0.3) is 6.08 Å². The maximum absolute atomic E-state index is 12.1. The third-order valence-electron chi connectivity index (χ3n) is 4.77. The summed E-state index contributed by atoms with van der Waals surface area (Å²) in [7, 11) is 5.64. The number of halogens is 1.